The van der Waals surface area contributed by atoms with Crippen LogP contribution in [0, 0.1) is 10.1 Å². The largest absolute Gasteiger partial charge is 0.492 e. The molecule has 1 aliphatic heterocycles. The number of ether oxygens (including phenoxy) is 1. The lowest BCUT2D eigenvalue weighted by Crippen LogP contribution is -2.43. The summed E-state index contributed by atoms with van der Waals surface area (Å²) in [5.74, 6) is 0.658. The van der Waals surface area contributed by atoms with Crippen LogP contribution in [0.1, 0.15) is 19.3 Å². The maximum absolute atomic E-state index is 10.5. The number of benzene rings is 1. The molecule has 104 valence electrons. The van der Waals surface area contributed by atoms with Crippen LogP contribution >= 0.6 is 0 Å². The summed E-state index contributed by atoms with van der Waals surface area (Å²) in [5.41, 5.74) is 3.40. The second-order valence-corrected chi connectivity index (χ2v) is 4.56. The molecular formula is C13H19N3O3. The maximum atomic E-state index is 10.5. The Hall–Kier alpha value is -1.66. The van der Waals surface area contributed by atoms with E-state index in [1.807, 2.05) is 0 Å². The van der Waals surface area contributed by atoms with Gasteiger partial charge in [-0.15, -0.1) is 0 Å². The molecule has 0 saturated carbocycles. The molecular weight excluding hydrogens is 246 g/mol. The topological polar surface area (TPSA) is 67.6 Å². The normalized spacial score (nSPS) is 16.2. The van der Waals surface area contributed by atoms with Gasteiger partial charge in [0.1, 0.15) is 12.4 Å². The molecule has 0 atom stereocenters. The Bertz CT molecular complexity index is 402. The van der Waals surface area contributed by atoms with E-state index in [4.69, 9.17) is 4.74 Å². The second-order valence-electron chi connectivity index (χ2n) is 4.56. The number of piperidine rings is 1. The molecule has 6 nitrogen and oxygen atoms in total. The van der Waals surface area contributed by atoms with Crippen LogP contribution in [0.15, 0.2) is 24.3 Å². The fraction of sp³-hybridized carbons (Fsp3) is 0.538. The SMILES string of the molecule is O=[N+]([O-])c1ccc(OCCNN2CCCCC2)cc1. The standard InChI is InChI=1S/C13H19N3O3/c17-16(18)12-4-6-13(7-5-12)19-11-8-14-15-9-2-1-3-10-15/h4-7,14H,1-3,8-11H2. The van der Waals surface area contributed by atoms with E-state index in [1.165, 1.54) is 31.4 Å². The van der Waals surface area contributed by atoms with Gasteiger partial charge in [0, 0.05) is 31.8 Å². The highest BCUT2D eigenvalue weighted by atomic mass is 16.6. The number of nitro groups is 1. The highest BCUT2D eigenvalue weighted by Crippen LogP contribution is 2.16. The molecule has 0 spiro atoms. The van der Waals surface area contributed by atoms with Crippen molar-refractivity contribution in [2.24, 2.45) is 0 Å². The zero-order valence-corrected chi connectivity index (χ0v) is 10.9. The molecule has 1 heterocycles. The number of nitrogens with one attached hydrogen (secondary N) is 1. The molecule has 0 aliphatic carbocycles. The molecule has 0 aromatic heterocycles. The van der Waals surface area contributed by atoms with Crippen molar-refractivity contribution in [3.05, 3.63) is 34.4 Å². The van der Waals surface area contributed by atoms with Gasteiger partial charge in [-0.2, -0.15) is 0 Å². The number of non-ortho nitro benzene ring substituents is 1. The van der Waals surface area contributed by atoms with Crippen molar-refractivity contribution < 1.29 is 9.66 Å². The van der Waals surface area contributed by atoms with Crippen molar-refractivity contribution in [1.82, 2.24) is 10.4 Å². The summed E-state index contributed by atoms with van der Waals surface area (Å²) in [6, 6.07) is 6.15. The zero-order chi connectivity index (χ0) is 13.5. The molecule has 1 fully saturated rings. The number of hydrogen-bond donors (Lipinski definition) is 1. The van der Waals surface area contributed by atoms with Gasteiger partial charge in [0.05, 0.1) is 4.92 Å². The van der Waals surface area contributed by atoms with Crippen LogP contribution in [0.2, 0.25) is 0 Å². The van der Waals surface area contributed by atoms with Crippen molar-refractivity contribution in [3.63, 3.8) is 0 Å². The van der Waals surface area contributed by atoms with E-state index >= 15 is 0 Å². The minimum atomic E-state index is -0.415. The first-order chi connectivity index (χ1) is 9.25. The summed E-state index contributed by atoms with van der Waals surface area (Å²) >= 11 is 0. The van der Waals surface area contributed by atoms with Crippen LogP contribution in [-0.2, 0) is 0 Å². The van der Waals surface area contributed by atoms with Gasteiger partial charge in [-0.25, -0.2) is 5.01 Å². The van der Waals surface area contributed by atoms with Crippen LogP contribution < -0.4 is 10.2 Å². The van der Waals surface area contributed by atoms with Gasteiger partial charge in [0.15, 0.2) is 0 Å². The third kappa shape index (κ3) is 4.50. The van der Waals surface area contributed by atoms with Crippen LogP contribution in [0.25, 0.3) is 0 Å². The summed E-state index contributed by atoms with van der Waals surface area (Å²) in [6.07, 6.45) is 3.81. The summed E-state index contributed by atoms with van der Waals surface area (Å²) in [7, 11) is 0. The van der Waals surface area contributed by atoms with Crippen molar-refractivity contribution in [1.29, 1.82) is 0 Å². The fourth-order valence-corrected chi connectivity index (χ4v) is 2.09. The molecule has 1 aromatic rings. The monoisotopic (exact) mass is 265 g/mol. The van der Waals surface area contributed by atoms with Crippen molar-refractivity contribution in [2.75, 3.05) is 26.2 Å². The van der Waals surface area contributed by atoms with Crippen LogP contribution in [0.5, 0.6) is 5.75 Å². The minimum absolute atomic E-state index is 0.0822. The Morgan fingerprint density at radius 1 is 1.21 bits per heavy atom. The molecule has 0 unspecified atom stereocenters. The Labute approximate surface area is 112 Å². The van der Waals surface area contributed by atoms with Gasteiger partial charge in [-0.3, -0.25) is 15.5 Å². The zero-order valence-electron chi connectivity index (χ0n) is 10.9. The van der Waals surface area contributed by atoms with Gasteiger partial charge in [-0.1, -0.05) is 6.42 Å². The molecule has 0 amide bonds. The highest BCUT2D eigenvalue weighted by molar-refractivity contribution is 5.35. The van der Waals surface area contributed by atoms with Crippen LogP contribution in [-0.4, -0.2) is 36.2 Å². The van der Waals surface area contributed by atoms with Gasteiger partial charge in [0.2, 0.25) is 0 Å². The molecule has 1 saturated heterocycles. The summed E-state index contributed by atoms with van der Waals surface area (Å²) < 4.78 is 5.52. The molecule has 6 heteroatoms. The Kier molecular flexibility index (Phi) is 5.11. The number of hydrogen-bond acceptors (Lipinski definition) is 5. The first kappa shape index (κ1) is 13.8. The maximum Gasteiger partial charge on any atom is 0.269 e. The number of rotatable bonds is 6. The Morgan fingerprint density at radius 2 is 1.89 bits per heavy atom. The first-order valence-corrected chi connectivity index (χ1v) is 6.61. The summed E-state index contributed by atoms with van der Waals surface area (Å²) in [5, 5.41) is 12.7. The molecule has 19 heavy (non-hydrogen) atoms. The lowest BCUT2D eigenvalue weighted by Gasteiger charge is -2.27. The molecule has 1 aromatic carbocycles. The number of nitrogens with zero attached hydrogens (tertiary/aromatic N) is 2. The molecule has 2 rings (SSSR count). The van der Waals surface area contributed by atoms with E-state index in [-0.39, 0.29) is 5.69 Å². The van der Waals surface area contributed by atoms with E-state index in [0.29, 0.717) is 12.4 Å². The number of hydrazine groups is 1. The van der Waals surface area contributed by atoms with Crippen LogP contribution in [0.4, 0.5) is 5.69 Å². The quantitative estimate of drug-likeness (QED) is 0.484. The third-order valence-corrected chi connectivity index (χ3v) is 3.11. The average Bonchev–Trinajstić information content (AvgIpc) is 2.45. The fourth-order valence-electron chi connectivity index (χ4n) is 2.09. The van der Waals surface area contributed by atoms with E-state index in [0.717, 1.165) is 19.6 Å². The summed E-state index contributed by atoms with van der Waals surface area (Å²) in [4.78, 5) is 10.1. The Balaban J connectivity index is 1.66. The molecule has 0 radical (unpaired) electrons. The van der Waals surface area contributed by atoms with Gasteiger partial charge in [-0.05, 0) is 25.0 Å². The van der Waals surface area contributed by atoms with Gasteiger partial charge >= 0.3 is 0 Å². The third-order valence-electron chi connectivity index (χ3n) is 3.11. The predicted molar refractivity (Wildman–Crippen MR) is 72.0 cm³/mol. The average molecular weight is 265 g/mol. The second kappa shape index (κ2) is 7.06. The van der Waals surface area contributed by atoms with Crippen LogP contribution in [0.3, 0.4) is 0 Å². The van der Waals surface area contributed by atoms with Gasteiger partial charge < -0.3 is 4.74 Å². The highest BCUT2D eigenvalue weighted by Gasteiger charge is 2.08. The van der Waals surface area contributed by atoms with Crippen molar-refractivity contribution >= 4 is 5.69 Å². The molecule has 1 aliphatic rings. The molecule has 0 bridgehead atoms. The lowest BCUT2D eigenvalue weighted by atomic mass is 10.2. The van der Waals surface area contributed by atoms with E-state index in [9.17, 15) is 10.1 Å². The Morgan fingerprint density at radius 3 is 2.53 bits per heavy atom. The van der Waals surface area contributed by atoms with Crippen molar-refractivity contribution in [2.45, 2.75) is 19.3 Å². The predicted octanol–water partition coefficient (Wildman–Crippen LogP) is 1.96. The minimum Gasteiger partial charge on any atom is -0.492 e. The van der Waals surface area contributed by atoms with Crippen molar-refractivity contribution in [3.8, 4) is 5.75 Å². The van der Waals surface area contributed by atoms with E-state index < -0.39 is 4.92 Å². The first-order valence-electron chi connectivity index (χ1n) is 6.61. The summed E-state index contributed by atoms with van der Waals surface area (Å²) in [6.45, 7) is 3.49. The van der Waals surface area contributed by atoms with E-state index in [2.05, 4.69) is 10.4 Å². The smallest absolute Gasteiger partial charge is 0.269 e. The molecule has 1 N–H and O–H groups in total. The lowest BCUT2D eigenvalue weighted by molar-refractivity contribution is -0.384. The van der Waals surface area contributed by atoms with E-state index in [1.54, 1.807) is 12.1 Å². The number of nitro benzene ring substituents is 1. The van der Waals surface area contributed by atoms with Gasteiger partial charge in [0.25, 0.3) is 5.69 Å².